The highest BCUT2D eigenvalue weighted by Gasteiger charge is 2.17. The molecule has 14 heavy (non-hydrogen) atoms. The zero-order valence-corrected chi connectivity index (χ0v) is 9.72. The molecule has 0 aromatic heterocycles. The average molecular weight is 199 g/mol. The Labute approximate surface area is 88.4 Å². The molecule has 0 spiro atoms. The molecule has 0 aromatic rings. The molecule has 84 valence electrons. The molecule has 2 heteroatoms. The van der Waals surface area contributed by atoms with Gasteiger partial charge in [0.15, 0.2) is 0 Å². The van der Waals surface area contributed by atoms with Crippen LogP contribution >= 0.6 is 0 Å². The number of hydrogen-bond acceptors (Lipinski definition) is 2. The molecule has 0 aromatic carbocycles. The lowest BCUT2D eigenvalue weighted by molar-refractivity contribution is 0.182. The summed E-state index contributed by atoms with van der Waals surface area (Å²) in [6.45, 7) is 7.56. The fourth-order valence-corrected chi connectivity index (χ4v) is 2.23. The molecule has 0 amide bonds. The first-order valence-electron chi connectivity index (χ1n) is 6.18. The predicted molar refractivity (Wildman–Crippen MR) is 60.5 cm³/mol. The molecule has 1 heterocycles. The van der Waals surface area contributed by atoms with Crippen LogP contribution < -0.4 is 5.32 Å². The quantitative estimate of drug-likeness (QED) is 0.680. The van der Waals surface area contributed by atoms with Crippen molar-refractivity contribution in [2.75, 3.05) is 19.8 Å². The molecule has 0 radical (unpaired) electrons. The van der Waals surface area contributed by atoms with Gasteiger partial charge in [0, 0.05) is 19.3 Å². The van der Waals surface area contributed by atoms with Gasteiger partial charge in [-0.2, -0.15) is 0 Å². The van der Waals surface area contributed by atoms with E-state index in [4.69, 9.17) is 4.74 Å². The van der Waals surface area contributed by atoms with Gasteiger partial charge in [-0.3, -0.25) is 0 Å². The van der Waals surface area contributed by atoms with Gasteiger partial charge in [0.05, 0.1) is 0 Å². The first-order chi connectivity index (χ1) is 6.86. The van der Waals surface area contributed by atoms with E-state index >= 15 is 0 Å². The van der Waals surface area contributed by atoms with Gasteiger partial charge in [-0.1, -0.05) is 20.3 Å². The molecule has 1 aliphatic heterocycles. The van der Waals surface area contributed by atoms with E-state index in [9.17, 15) is 0 Å². The second-order valence-corrected chi connectivity index (χ2v) is 4.35. The van der Waals surface area contributed by atoms with Gasteiger partial charge in [0.2, 0.25) is 0 Å². The summed E-state index contributed by atoms with van der Waals surface area (Å²) in [5.74, 6) is 0.841. The highest BCUT2D eigenvalue weighted by molar-refractivity contribution is 4.70. The van der Waals surface area contributed by atoms with Crippen LogP contribution in [0.1, 0.15) is 46.0 Å². The Morgan fingerprint density at radius 2 is 2.21 bits per heavy atom. The highest BCUT2D eigenvalue weighted by atomic mass is 16.5. The van der Waals surface area contributed by atoms with Crippen LogP contribution in [0.3, 0.4) is 0 Å². The second kappa shape index (κ2) is 7.24. The number of hydrogen-bond donors (Lipinski definition) is 1. The first kappa shape index (κ1) is 12.0. The molecule has 1 fully saturated rings. The lowest BCUT2D eigenvalue weighted by atomic mass is 9.97. The van der Waals surface area contributed by atoms with Crippen molar-refractivity contribution in [3.05, 3.63) is 0 Å². The number of nitrogens with one attached hydrogen (secondary N) is 1. The van der Waals surface area contributed by atoms with Gasteiger partial charge < -0.3 is 10.1 Å². The van der Waals surface area contributed by atoms with Crippen molar-refractivity contribution in [1.29, 1.82) is 0 Å². The molecule has 1 N–H and O–H groups in total. The monoisotopic (exact) mass is 199 g/mol. The lowest BCUT2D eigenvalue weighted by Gasteiger charge is -2.18. The predicted octanol–water partition coefficient (Wildman–Crippen LogP) is 2.58. The first-order valence-corrected chi connectivity index (χ1v) is 6.18. The third kappa shape index (κ3) is 4.43. The summed E-state index contributed by atoms with van der Waals surface area (Å²) in [6.07, 6.45) is 6.57. The van der Waals surface area contributed by atoms with E-state index in [1.807, 2.05) is 0 Å². The molecule has 2 nitrogen and oxygen atoms in total. The highest BCUT2D eigenvalue weighted by Crippen LogP contribution is 2.19. The van der Waals surface area contributed by atoms with Crippen LogP contribution in [0.25, 0.3) is 0 Å². The Bertz CT molecular complexity index is 126. The van der Waals surface area contributed by atoms with Gasteiger partial charge in [-0.05, 0) is 38.1 Å². The van der Waals surface area contributed by atoms with Gasteiger partial charge >= 0.3 is 0 Å². The van der Waals surface area contributed by atoms with E-state index in [1.54, 1.807) is 0 Å². The van der Waals surface area contributed by atoms with Crippen LogP contribution in [-0.2, 0) is 4.74 Å². The maximum Gasteiger partial charge on any atom is 0.0495 e. The van der Waals surface area contributed by atoms with Gasteiger partial charge in [0.1, 0.15) is 0 Å². The Morgan fingerprint density at radius 3 is 2.79 bits per heavy atom. The normalized spacial score (nSPS) is 24.0. The minimum absolute atomic E-state index is 0.741. The van der Waals surface area contributed by atoms with E-state index in [2.05, 4.69) is 19.2 Å². The summed E-state index contributed by atoms with van der Waals surface area (Å²) in [7, 11) is 0. The Morgan fingerprint density at radius 1 is 1.36 bits per heavy atom. The van der Waals surface area contributed by atoms with Crippen molar-refractivity contribution in [3.8, 4) is 0 Å². The van der Waals surface area contributed by atoms with Crippen molar-refractivity contribution < 1.29 is 4.74 Å². The minimum atomic E-state index is 0.741. The molecule has 1 saturated heterocycles. The largest absolute Gasteiger partial charge is 0.381 e. The van der Waals surface area contributed by atoms with Crippen molar-refractivity contribution in [3.63, 3.8) is 0 Å². The second-order valence-electron chi connectivity index (χ2n) is 4.35. The topological polar surface area (TPSA) is 21.3 Å². The summed E-state index contributed by atoms with van der Waals surface area (Å²) in [5.41, 5.74) is 0. The maximum atomic E-state index is 5.39. The van der Waals surface area contributed by atoms with Crippen LogP contribution in [0.2, 0.25) is 0 Å². The molecule has 2 atom stereocenters. The standard InChI is InChI=1S/C12H25NO/c1-3-5-12(13-4-2)7-6-11-8-9-14-10-11/h11-13H,3-10H2,1-2H3. The summed E-state index contributed by atoms with van der Waals surface area (Å²) in [5, 5.41) is 3.57. The van der Waals surface area contributed by atoms with Crippen molar-refractivity contribution >= 4 is 0 Å². The van der Waals surface area contributed by atoms with Crippen LogP contribution in [0.4, 0.5) is 0 Å². The summed E-state index contributed by atoms with van der Waals surface area (Å²) >= 11 is 0. The van der Waals surface area contributed by atoms with Crippen LogP contribution in [0.15, 0.2) is 0 Å². The summed E-state index contributed by atoms with van der Waals surface area (Å²) < 4.78 is 5.39. The van der Waals surface area contributed by atoms with Crippen LogP contribution in [0.5, 0.6) is 0 Å². The molecular weight excluding hydrogens is 174 g/mol. The Balaban J connectivity index is 2.10. The van der Waals surface area contributed by atoms with Crippen molar-refractivity contribution in [2.45, 2.75) is 52.0 Å². The zero-order valence-electron chi connectivity index (χ0n) is 9.72. The molecule has 0 aliphatic carbocycles. The molecule has 0 saturated carbocycles. The molecule has 1 aliphatic rings. The van der Waals surface area contributed by atoms with Crippen LogP contribution in [0, 0.1) is 5.92 Å². The fourth-order valence-electron chi connectivity index (χ4n) is 2.23. The SMILES string of the molecule is CCCC(CCC1CCOC1)NCC. The molecule has 1 rings (SSSR count). The molecular formula is C12H25NO. The maximum absolute atomic E-state index is 5.39. The van der Waals surface area contributed by atoms with Crippen molar-refractivity contribution in [1.82, 2.24) is 5.32 Å². The van der Waals surface area contributed by atoms with E-state index in [0.717, 1.165) is 31.7 Å². The average Bonchev–Trinajstić information content (AvgIpc) is 2.67. The summed E-state index contributed by atoms with van der Waals surface area (Å²) in [4.78, 5) is 0. The lowest BCUT2D eigenvalue weighted by Crippen LogP contribution is -2.29. The van der Waals surface area contributed by atoms with E-state index in [0.29, 0.717) is 0 Å². The van der Waals surface area contributed by atoms with Crippen LogP contribution in [-0.4, -0.2) is 25.8 Å². The van der Waals surface area contributed by atoms with E-state index < -0.39 is 0 Å². The smallest absolute Gasteiger partial charge is 0.0495 e. The van der Waals surface area contributed by atoms with Gasteiger partial charge in [0.25, 0.3) is 0 Å². The minimum Gasteiger partial charge on any atom is -0.381 e. The third-order valence-corrected chi connectivity index (χ3v) is 3.08. The summed E-state index contributed by atoms with van der Waals surface area (Å²) in [6, 6.07) is 0.741. The Hall–Kier alpha value is -0.0800. The molecule has 0 bridgehead atoms. The van der Waals surface area contributed by atoms with Gasteiger partial charge in [-0.25, -0.2) is 0 Å². The number of rotatable bonds is 7. The number of ether oxygens (including phenoxy) is 1. The zero-order chi connectivity index (χ0) is 10.2. The molecule has 2 unspecified atom stereocenters. The fraction of sp³-hybridized carbons (Fsp3) is 1.00. The van der Waals surface area contributed by atoms with E-state index in [1.165, 1.54) is 32.1 Å². The van der Waals surface area contributed by atoms with E-state index in [-0.39, 0.29) is 0 Å². The Kier molecular flexibility index (Phi) is 6.20. The van der Waals surface area contributed by atoms with Crippen molar-refractivity contribution in [2.24, 2.45) is 5.92 Å². The van der Waals surface area contributed by atoms with Gasteiger partial charge in [-0.15, -0.1) is 0 Å². The third-order valence-electron chi connectivity index (χ3n) is 3.08.